The predicted molar refractivity (Wildman–Crippen MR) is 101 cm³/mol. The number of benzene rings is 1. The van der Waals surface area contributed by atoms with Crippen molar-refractivity contribution in [3.8, 4) is 0 Å². The second kappa shape index (κ2) is 8.67. The van der Waals surface area contributed by atoms with Gasteiger partial charge in [0.05, 0.1) is 0 Å². The number of carbonyl (C=O) groups excluding carboxylic acids is 2. The zero-order valence-corrected chi connectivity index (χ0v) is 15.9. The summed E-state index contributed by atoms with van der Waals surface area (Å²) < 4.78 is 5.39. The van der Waals surface area contributed by atoms with E-state index in [9.17, 15) is 9.59 Å². The normalized spacial score (nSPS) is 25.2. The van der Waals surface area contributed by atoms with E-state index in [4.69, 9.17) is 4.74 Å². The minimum atomic E-state index is -0.514. The largest absolute Gasteiger partial charge is 0.382 e. The summed E-state index contributed by atoms with van der Waals surface area (Å²) in [5.41, 5.74) is 1.48. The van der Waals surface area contributed by atoms with Crippen molar-refractivity contribution in [3.63, 3.8) is 0 Å². The third-order valence-corrected chi connectivity index (χ3v) is 5.56. The Balaban J connectivity index is 1.71. The molecule has 0 aromatic heterocycles. The molecule has 3 rings (SSSR count). The Morgan fingerprint density at radius 2 is 1.96 bits per heavy atom. The summed E-state index contributed by atoms with van der Waals surface area (Å²) >= 11 is 0. The summed E-state index contributed by atoms with van der Waals surface area (Å²) in [5.74, 6) is 0.653. The first-order valence-corrected chi connectivity index (χ1v) is 9.89. The van der Waals surface area contributed by atoms with E-state index in [1.54, 1.807) is 4.90 Å². The van der Waals surface area contributed by atoms with Gasteiger partial charge in [-0.3, -0.25) is 9.59 Å². The zero-order chi connectivity index (χ0) is 18.5. The number of rotatable bonds is 7. The Morgan fingerprint density at radius 3 is 2.69 bits per heavy atom. The van der Waals surface area contributed by atoms with Gasteiger partial charge in [0.2, 0.25) is 5.91 Å². The van der Waals surface area contributed by atoms with Crippen molar-refractivity contribution in [3.05, 3.63) is 35.4 Å². The molecule has 2 amide bonds. The highest BCUT2D eigenvalue weighted by Crippen LogP contribution is 2.34. The van der Waals surface area contributed by atoms with Gasteiger partial charge in [-0.25, -0.2) is 0 Å². The molecule has 1 aliphatic carbocycles. The smallest absolute Gasteiger partial charge is 0.255 e. The summed E-state index contributed by atoms with van der Waals surface area (Å²) in [6.45, 7) is 6.03. The number of ether oxygens (including phenoxy) is 1. The Labute approximate surface area is 156 Å². The van der Waals surface area contributed by atoms with Gasteiger partial charge in [-0.1, -0.05) is 25.1 Å². The van der Waals surface area contributed by atoms with Crippen LogP contribution >= 0.6 is 0 Å². The van der Waals surface area contributed by atoms with Crippen LogP contribution in [0.1, 0.15) is 67.9 Å². The first-order chi connectivity index (χ1) is 12.6. The van der Waals surface area contributed by atoms with E-state index in [0.717, 1.165) is 43.6 Å². The lowest BCUT2D eigenvalue weighted by Gasteiger charge is -2.30. The molecule has 1 unspecified atom stereocenters. The molecule has 0 radical (unpaired) electrons. The van der Waals surface area contributed by atoms with Crippen molar-refractivity contribution in [1.82, 2.24) is 10.2 Å². The minimum Gasteiger partial charge on any atom is -0.382 e. The van der Waals surface area contributed by atoms with Crippen LogP contribution in [0.25, 0.3) is 0 Å². The van der Waals surface area contributed by atoms with Gasteiger partial charge < -0.3 is 15.0 Å². The fourth-order valence-corrected chi connectivity index (χ4v) is 4.05. The molecule has 2 aliphatic rings. The molecular formula is C21H30N2O3. The zero-order valence-electron chi connectivity index (χ0n) is 15.9. The van der Waals surface area contributed by atoms with Crippen LogP contribution in [0.2, 0.25) is 0 Å². The summed E-state index contributed by atoms with van der Waals surface area (Å²) in [7, 11) is 0. The molecule has 1 N–H and O–H groups in total. The Morgan fingerprint density at radius 1 is 1.23 bits per heavy atom. The van der Waals surface area contributed by atoms with E-state index < -0.39 is 6.04 Å². The average Bonchev–Trinajstić information content (AvgIpc) is 2.93. The van der Waals surface area contributed by atoms with Crippen molar-refractivity contribution in [1.29, 1.82) is 0 Å². The number of nitrogens with zero attached hydrogens (tertiary/aromatic N) is 1. The predicted octanol–water partition coefficient (Wildman–Crippen LogP) is 3.31. The maximum absolute atomic E-state index is 13.1. The molecule has 26 heavy (non-hydrogen) atoms. The van der Waals surface area contributed by atoms with Crippen LogP contribution in [-0.4, -0.2) is 42.5 Å². The molecule has 1 aromatic carbocycles. The van der Waals surface area contributed by atoms with Gasteiger partial charge in [0.25, 0.3) is 5.91 Å². The molecule has 142 valence electrons. The van der Waals surface area contributed by atoms with Crippen LogP contribution in [-0.2, 0) is 9.53 Å². The Hall–Kier alpha value is -1.88. The highest BCUT2D eigenvalue weighted by Gasteiger charge is 2.41. The van der Waals surface area contributed by atoms with E-state index in [-0.39, 0.29) is 17.9 Å². The molecule has 0 saturated heterocycles. The van der Waals surface area contributed by atoms with Gasteiger partial charge in [-0.15, -0.1) is 0 Å². The molecule has 1 saturated carbocycles. The molecule has 1 atom stereocenters. The number of nitrogens with one attached hydrogen (secondary N) is 1. The van der Waals surface area contributed by atoms with Crippen LogP contribution in [0.4, 0.5) is 0 Å². The maximum Gasteiger partial charge on any atom is 0.255 e. The lowest BCUT2D eigenvalue weighted by molar-refractivity contribution is -0.126. The minimum absolute atomic E-state index is 0.0423. The maximum atomic E-state index is 13.1. The quantitative estimate of drug-likeness (QED) is 0.761. The summed E-state index contributed by atoms with van der Waals surface area (Å²) in [4.78, 5) is 27.6. The van der Waals surface area contributed by atoms with Gasteiger partial charge in [0.15, 0.2) is 0 Å². The first kappa shape index (κ1) is 18.9. The van der Waals surface area contributed by atoms with E-state index in [2.05, 4.69) is 12.2 Å². The Bertz CT molecular complexity index is 638. The number of hydrogen-bond donors (Lipinski definition) is 1. The highest BCUT2D eigenvalue weighted by molar-refractivity contribution is 6.04. The molecule has 1 aromatic rings. The number of hydrogen-bond acceptors (Lipinski definition) is 3. The van der Waals surface area contributed by atoms with Crippen molar-refractivity contribution >= 4 is 11.8 Å². The second-order valence-electron chi connectivity index (χ2n) is 7.50. The lowest BCUT2D eigenvalue weighted by Crippen LogP contribution is -2.44. The van der Waals surface area contributed by atoms with Crippen LogP contribution in [0.5, 0.6) is 0 Å². The number of amides is 2. The third kappa shape index (κ3) is 4.09. The molecule has 0 bridgehead atoms. The van der Waals surface area contributed by atoms with Crippen molar-refractivity contribution in [2.45, 2.75) is 58.0 Å². The molecule has 1 heterocycles. The second-order valence-corrected chi connectivity index (χ2v) is 7.50. The van der Waals surface area contributed by atoms with Crippen molar-refractivity contribution in [2.24, 2.45) is 5.92 Å². The third-order valence-electron chi connectivity index (χ3n) is 5.56. The van der Waals surface area contributed by atoms with Crippen molar-refractivity contribution in [2.75, 3.05) is 19.8 Å². The SMILES string of the molecule is CCOCCCN1C(=O)c2ccccc2C1C(=O)NC1CCC(C)CC1. The number of carbonyl (C=O) groups is 2. The van der Waals surface area contributed by atoms with Gasteiger partial charge in [0, 0.05) is 31.4 Å². The number of fused-ring (bicyclic) bond motifs is 1. The van der Waals surface area contributed by atoms with Crippen LogP contribution in [0.3, 0.4) is 0 Å². The van der Waals surface area contributed by atoms with Gasteiger partial charge in [-0.2, -0.15) is 0 Å². The summed E-state index contributed by atoms with van der Waals surface area (Å²) in [6.07, 6.45) is 5.10. The van der Waals surface area contributed by atoms with Crippen LogP contribution in [0.15, 0.2) is 24.3 Å². The molecule has 0 spiro atoms. The van der Waals surface area contributed by atoms with Crippen LogP contribution in [0, 0.1) is 5.92 Å². The van der Waals surface area contributed by atoms with E-state index in [1.165, 1.54) is 0 Å². The standard InChI is InChI=1S/C21H30N2O3/c1-3-26-14-6-13-23-19(17-7-4-5-8-18(17)21(23)25)20(24)22-16-11-9-15(2)10-12-16/h4-5,7-8,15-16,19H,3,6,9-14H2,1-2H3,(H,22,24). The highest BCUT2D eigenvalue weighted by atomic mass is 16.5. The Kier molecular flexibility index (Phi) is 6.30. The fourth-order valence-electron chi connectivity index (χ4n) is 4.05. The fraction of sp³-hybridized carbons (Fsp3) is 0.619. The monoisotopic (exact) mass is 358 g/mol. The van der Waals surface area contributed by atoms with Crippen molar-refractivity contribution < 1.29 is 14.3 Å². The lowest BCUT2D eigenvalue weighted by atomic mass is 9.87. The first-order valence-electron chi connectivity index (χ1n) is 9.89. The van der Waals surface area contributed by atoms with Gasteiger partial charge >= 0.3 is 0 Å². The summed E-state index contributed by atoms with van der Waals surface area (Å²) in [5, 5.41) is 3.21. The van der Waals surface area contributed by atoms with Crippen LogP contribution < -0.4 is 5.32 Å². The average molecular weight is 358 g/mol. The van der Waals surface area contributed by atoms with E-state index in [1.807, 2.05) is 31.2 Å². The van der Waals surface area contributed by atoms with E-state index in [0.29, 0.717) is 25.3 Å². The molecular weight excluding hydrogens is 328 g/mol. The topological polar surface area (TPSA) is 58.6 Å². The van der Waals surface area contributed by atoms with Gasteiger partial charge in [0.1, 0.15) is 6.04 Å². The molecule has 5 heteroatoms. The molecule has 5 nitrogen and oxygen atoms in total. The van der Waals surface area contributed by atoms with Gasteiger partial charge in [-0.05, 0) is 56.6 Å². The van der Waals surface area contributed by atoms with E-state index >= 15 is 0 Å². The molecule has 1 aliphatic heterocycles. The summed E-state index contributed by atoms with van der Waals surface area (Å²) in [6, 6.07) is 7.20. The molecule has 1 fully saturated rings.